The lowest BCUT2D eigenvalue weighted by Crippen LogP contribution is -2.16. The molecule has 4 rings (SSSR count). The molecule has 0 fully saturated rings. The zero-order valence-electron chi connectivity index (χ0n) is 16.1. The molecule has 0 atom stereocenters. The SMILES string of the molecule is COc1ccc2c3c(c(OCCCN(C)C)nc2c1)-c1ccc(Cl)cc1C3=O. The van der Waals surface area contributed by atoms with Crippen LogP contribution in [-0.4, -0.2) is 50.0 Å². The highest BCUT2D eigenvalue weighted by atomic mass is 35.5. The van der Waals surface area contributed by atoms with E-state index in [2.05, 4.69) is 4.90 Å². The van der Waals surface area contributed by atoms with Crippen molar-refractivity contribution in [2.75, 3.05) is 34.4 Å². The van der Waals surface area contributed by atoms with Crippen molar-refractivity contribution in [3.8, 4) is 22.8 Å². The average Bonchev–Trinajstić information content (AvgIpc) is 2.97. The monoisotopic (exact) mass is 396 g/mol. The highest BCUT2D eigenvalue weighted by Crippen LogP contribution is 2.45. The Labute approximate surface area is 168 Å². The minimum atomic E-state index is -0.0526. The minimum Gasteiger partial charge on any atom is -0.497 e. The number of benzene rings is 2. The van der Waals surface area contributed by atoms with Crippen LogP contribution in [0, 0.1) is 0 Å². The molecule has 1 aliphatic carbocycles. The van der Waals surface area contributed by atoms with E-state index in [1.165, 1.54) is 0 Å². The van der Waals surface area contributed by atoms with Gasteiger partial charge in [0.05, 0.1) is 24.8 Å². The van der Waals surface area contributed by atoms with E-state index in [1.807, 2.05) is 38.4 Å². The van der Waals surface area contributed by atoms with Gasteiger partial charge >= 0.3 is 0 Å². The third kappa shape index (κ3) is 3.21. The molecule has 1 aromatic heterocycles. The van der Waals surface area contributed by atoms with Crippen LogP contribution in [0.1, 0.15) is 22.3 Å². The molecule has 0 saturated carbocycles. The molecule has 28 heavy (non-hydrogen) atoms. The Hall–Kier alpha value is -2.63. The van der Waals surface area contributed by atoms with Gasteiger partial charge in [-0.1, -0.05) is 17.7 Å². The summed E-state index contributed by atoms with van der Waals surface area (Å²) in [4.78, 5) is 20.0. The molecule has 0 radical (unpaired) electrons. The Balaban J connectivity index is 1.86. The number of carbonyl (C=O) groups excluding carboxylic acids is 1. The number of ketones is 1. The second kappa shape index (κ2) is 7.41. The van der Waals surface area contributed by atoms with Gasteiger partial charge in [0.1, 0.15) is 5.75 Å². The number of ether oxygens (including phenoxy) is 2. The molecule has 1 heterocycles. The molecule has 0 aliphatic heterocycles. The predicted octanol–water partition coefficient (Wildman–Crippen LogP) is 4.44. The second-order valence-corrected chi connectivity index (χ2v) is 7.51. The first-order valence-corrected chi connectivity index (χ1v) is 9.51. The Bertz CT molecular complexity index is 1080. The number of carbonyl (C=O) groups is 1. The van der Waals surface area contributed by atoms with Crippen LogP contribution < -0.4 is 9.47 Å². The Morgan fingerprint density at radius 2 is 1.89 bits per heavy atom. The van der Waals surface area contributed by atoms with E-state index in [1.54, 1.807) is 19.2 Å². The Kier molecular flexibility index (Phi) is 4.96. The minimum absolute atomic E-state index is 0.0526. The molecule has 144 valence electrons. The summed E-state index contributed by atoms with van der Waals surface area (Å²) in [6.07, 6.45) is 0.862. The van der Waals surface area contributed by atoms with Gasteiger partial charge in [-0.05, 0) is 50.3 Å². The number of aromatic nitrogens is 1. The fourth-order valence-corrected chi connectivity index (χ4v) is 3.72. The lowest BCUT2D eigenvalue weighted by molar-refractivity contribution is 0.104. The van der Waals surface area contributed by atoms with Crippen LogP contribution in [0.2, 0.25) is 5.02 Å². The highest BCUT2D eigenvalue weighted by Gasteiger charge is 2.33. The quantitative estimate of drug-likeness (QED) is 0.451. The summed E-state index contributed by atoms with van der Waals surface area (Å²) in [6, 6.07) is 10.9. The normalized spacial score (nSPS) is 12.4. The number of fused-ring (bicyclic) bond motifs is 5. The van der Waals surface area contributed by atoms with Crippen LogP contribution in [0.5, 0.6) is 11.6 Å². The van der Waals surface area contributed by atoms with Crippen molar-refractivity contribution in [3.63, 3.8) is 0 Å². The third-order valence-corrected chi connectivity index (χ3v) is 5.11. The summed E-state index contributed by atoms with van der Waals surface area (Å²) in [5, 5.41) is 1.32. The van der Waals surface area contributed by atoms with Crippen molar-refractivity contribution in [3.05, 3.63) is 52.5 Å². The fraction of sp³-hybridized carbons (Fsp3) is 0.273. The molecule has 0 spiro atoms. The van der Waals surface area contributed by atoms with Crippen molar-refractivity contribution in [2.24, 2.45) is 0 Å². The number of hydrogen-bond donors (Lipinski definition) is 0. The Morgan fingerprint density at radius 1 is 1.07 bits per heavy atom. The lowest BCUT2D eigenvalue weighted by Gasteiger charge is -2.14. The van der Waals surface area contributed by atoms with Gasteiger partial charge in [-0.25, -0.2) is 4.98 Å². The van der Waals surface area contributed by atoms with Gasteiger partial charge in [0, 0.05) is 34.1 Å². The van der Waals surface area contributed by atoms with Gasteiger partial charge in [0.2, 0.25) is 5.88 Å². The maximum absolute atomic E-state index is 13.2. The van der Waals surface area contributed by atoms with E-state index in [9.17, 15) is 4.79 Å². The van der Waals surface area contributed by atoms with Crippen molar-refractivity contribution >= 4 is 28.3 Å². The molecule has 0 saturated heterocycles. The number of halogens is 1. The number of hydrogen-bond acceptors (Lipinski definition) is 5. The van der Waals surface area contributed by atoms with Crippen LogP contribution >= 0.6 is 11.6 Å². The molecule has 0 N–H and O–H groups in total. The Morgan fingerprint density at radius 3 is 2.64 bits per heavy atom. The molecule has 6 heteroatoms. The summed E-state index contributed by atoms with van der Waals surface area (Å²) in [5.74, 6) is 1.11. The zero-order chi connectivity index (χ0) is 19.8. The summed E-state index contributed by atoms with van der Waals surface area (Å²) >= 11 is 6.14. The van der Waals surface area contributed by atoms with Crippen molar-refractivity contribution in [1.82, 2.24) is 9.88 Å². The predicted molar refractivity (Wildman–Crippen MR) is 111 cm³/mol. The van der Waals surface area contributed by atoms with Gasteiger partial charge < -0.3 is 14.4 Å². The molecule has 1 aliphatic rings. The van der Waals surface area contributed by atoms with E-state index in [0.717, 1.165) is 29.5 Å². The molecular formula is C22H21ClN2O3. The summed E-state index contributed by atoms with van der Waals surface area (Å²) in [6.45, 7) is 1.43. The molecule has 0 amide bonds. The van der Waals surface area contributed by atoms with E-state index in [4.69, 9.17) is 26.1 Å². The van der Waals surface area contributed by atoms with Crippen molar-refractivity contribution < 1.29 is 14.3 Å². The number of rotatable bonds is 6. The maximum atomic E-state index is 13.2. The van der Waals surface area contributed by atoms with Gasteiger partial charge in [0.25, 0.3) is 0 Å². The molecular weight excluding hydrogens is 376 g/mol. The number of methoxy groups -OCH3 is 1. The summed E-state index contributed by atoms with van der Waals surface area (Å²) < 4.78 is 11.4. The first kappa shape index (κ1) is 18.7. The second-order valence-electron chi connectivity index (χ2n) is 7.07. The highest BCUT2D eigenvalue weighted by molar-refractivity contribution is 6.33. The molecule has 0 unspecified atom stereocenters. The van der Waals surface area contributed by atoms with Crippen molar-refractivity contribution in [1.29, 1.82) is 0 Å². The summed E-state index contributed by atoms with van der Waals surface area (Å²) in [5.41, 5.74) is 3.45. The molecule has 0 bridgehead atoms. The molecule has 3 aromatic rings. The van der Waals surface area contributed by atoms with Crippen LogP contribution in [0.4, 0.5) is 0 Å². The maximum Gasteiger partial charge on any atom is 0.222 e. The van der Waals surface area contributed by atoms with E-state index < -0.39 is 0 Å². The van der Waals surface area contributed by atoms with Crippen LogP contribution in [-0.2, 0) is 0 Å². The van der Waals surface area contributed by atoms with Crippen molar-refractivity contribution in [2.45, 2.75) is 6.42 Å². The topological polar surface area (TPSA) is 51.7 Å². The lowest BCUT2D eigenvalue weighted by atomic mass is 10.0. The van der Waals surface area contributed by atoms with Crippen LogP contribution in [0.15, 0.2) is 36.4 Å². The van der Waals surface area contributed by atoms with E-state index in [0.29, 0.717) is 39.9 Å². The average molecular weight is 397 g/mol. The first-order valence-electron chi connectivity index (χ1n) is 9.13. The van der Waals surface area contributed by atoms with Gasteiger partial charge in [0.15, 0.2) is 5.78 Å². The standard InChI is InChI=1S/C22H21ClN2O3/c1-25(2)9-4-10-28-22-20-15-7-5-13(23)11-17(15)21(26)19(20)16-8-6-14(27-3)12-18(16)24-22/h5-8,11-12H,4,9-10H2,1-3H3. The first-order chi connectivity index (χ1) is 13.5. The van der Waals surface area contributed by atoms with Gasteiger partial charge in [-0.2, -0.15) is 0 Å². The van der Waals surface area contributed by atoms with Crippen LogP contribution in [0.3, 0.4) is 0 Å². The van der Waals surface area contributed by atoms with E-state index >= 15 is 0 Å². The molecule has 2 aromatic carbocycles. The zero-order valence-corrected chi connectivity index (χ0v) is 16.8. The van der Waals surface area contributed by atoms with E-state index in [-0.39, 0.29) is 5.78 Å². The van der Waals surface area contributed by atoms with Crippen LogP contribution in [0.25, 0.3) is 22.0 Å². The number of nitrogens with zero attached hydrogens (tertiary/aromatic N) is 2. The fourth-order valence-electron chi connectivity index (χ4n) is 3.55. The number of pyridine rings is 1. The largest absolute Gasteiger partial charge is 0.497 e. The molecule has 5 nitrogen and oxygen atoms in total. The smallest absolute Gasteiger partial charge is 0.222 e. The summed E-state index contributed by atoms with van der Waals surface area (Å²) in [7, 11) is 5.66. The van der Waals surface area contributed by atoms with Gasteiger partial charge in [-0.15, -0.1) is 0 Å². The third-order valence-electron chi connectivity index (χ3n) is 4.87. The van der Waals surface area contributed by atoms with Gasteiger partial charge in [-0.3, -0.25) is 4.79 Å².